The van der Waals surface area contributed by atoms with E-state index in [9.17, 15) is 0 Å². The Morgan fingerprint density at radius 2 is 1.16 bits per heavy atom. The summed E-state index contributed by atoms with van der Waals surface area (Å²) >= 11 is 1.83. The summed E-state index contributed by atoms with van der Waals surface area (Å²) in [7, 11) is 0. The van der Waals surface area contributed by atoms with Crippen molar-refractivity contribution >= 4 is 99.8 Å². The Bertz CT molecular complexity index is 2870. The van der Waals surface area contributed by atoms with E-state index in [0.717, 1.165) is 33.8 Å². The molecular formula is C45H29BFN3S. The van der Waals surface area contributed by atoms with Crippen molar-refractivity contribution in [3.8, 4) is 5.69 Å². The largest absolute Gasteiger partial charge is 0.311 e. The first-order valence-electron chi connectivity index (χ1n) is 17.4. The van der Waals surface area contributed by atoms with E-state index >= 15 is 4.39 Å². The molecule has 0 fully saturated rings. The third-order valence-corrected chi connectivity index (χ3v) is 12.0. The van der Waals surface area contributed by atoms with Crippen LogP contribution in [0, 0.1) is 12.7 Å². The molecule has 0 spiro atoms. The van der Waals surface area contributed by atoms with Crippen LogP contribution < -0.4 is 25.5 Å². The van der Waals surface area contributed by atoms with E-state index in [1.165, 1.54) is 53.5 Å². The lowest BCUT2D eigenvalue weighted by Gasteiger charge is -2.43. The Labute approximate surface area is 299 Å². The highest BCUT2D eigenvalue weighted by Gasteiger charge is 2.46. The van der Waals surface area contributed by atoms with Gasteiger partial charge in [-0.2, -0.15) is 0 Å². The summed E-state index contributed by atoms with van der Waals surface area (Å²) in [5.74, 6) is -0.241. The second kappa shape index (κ2) is 10.7. The molecule has 0 saturated carbocycles. The lowest BCUT2D eigenvalue weighted by molar-refractivity contribution is 0.629. The summed E-state index contributed by atoms with van der Waals surface area (Å²) in [6.45, 7) is 2.10. The van der Waals surface area contributed by atoms with E-state index in [1.54, 1.807) is 12.1 Å². The molecule has 0 N–H and O–H groups in total. The molecule has 4 heterocycles. The number of aryl methyl sites for hydroxylation is 1. The smallest absolute Gasteiger partial charge is 0.265 e. The first kappa shape index (κ1) is 28.7. The van der Waals surface area contributed by atoms with Crippen molar-refractivity contribution in [2.24, 2.45) is 0 Å². The van der Waals surface area contributed by atoms with Crippen LogP contribution in [-0.2, 0) is 0 Å². The molecule has 0 amide bonds. The van der Waals surface area contributed by atoms with Crippen molar-refractivity contribution in [3.63, 3.8) is 0 Å². The summed E-state index contributed by atoms with van der Waals surface area (Å²) in [6.07, 6.45) is 0. The van der Waals surface area contributed by atoms with Gasteiger partial charge >= 0.3 is 0 Å². The van der Waals surface area contributed by atoms with Gasteiger partial charge in [0.2, 0.25) is 0 Å². The van der Waals surface area contributed by atoms with Gasteiger partial charge in [0, 0.05) is 54.1 Å². The van der Waals surface area contributed by atoms with E-state index < -0.39 is 0 Å². The fourth-order valence-corrected chi connectivity index (χ4v) is 10.0. The highest BCUT2D eigenvalue weighted by atomic mass is 32.1. The molecule has 0 atom stereocenters. The zero-order chi connectivity index (χ0) is 33.8. The SMILES string of the molecule is Cc1ccccc1N1c2cccc3c2B(c2sc4ccccc4c2N3c2ccccc2F)c2c1ccc1c2c2ccccc2n1-c1ccccc1. The molecule has 51 heavy (non-hydrogen) atoms. The average Bonchev–Trinajstić information content (AvgIpc) is 3.72. The summed E-state index contributed by atoms with van der Waals surface area (Å²) < 4.78 is 20.9. The van der Waals surface area contributed by atoms with E-state index in [-0.39, 0.29) is 12.5 Å². The van der Waals surface area contributed by atoms with Crippen LogP contribution in [-0.4, -0.2) is 11.3 Å². The van der Waals surface area contributed by atoms with Crippen LogP contribution in [0.25, 0.3) is 37.6 Å². The number of para-hydroxylation sites is 4. The fraction of sp³-hybridized carbons (Fsp3) is 0.0222. The second-order valence-electron chi connectivity index (χ2n) is 13.4. The minimum Gasteiger partial charge on any atom is -0.311 e. The Morgan fingerprint density at radius 1 is 0.510 bits per heavy atom. The van der Waals surface area contributed by atoms with Crippen LogP contribution >= 0.6 is 11.3 Å². The van der Waals surface area contributed by atoms with Gasteiger partial charge in [-0.15, -0.1) is 11.3 Å². The number of hydrogen-bond acceptors (Lipinski definition) is 3. The summed E-state index contributed by atoms with van der Waals surface area (Å²) in [6, 6.07) is 55.1. The Hall–Kier alpha value is -6.11. The molecule has 0 bridgehead atoms. The van der Waals surface area contributed by atoms with Crippen LogP contribution in [0.2, 0.25) is 0 Å². The fourth-order valence-electron chi connectivity index (χ4n) is 8.74. The summed E-state index contributed by atoms with van der Waals surface area (Å²) in [5, 5.41) is 3.61. The van der Waals surface area contributed by atoms with Gasteiger partial charge in [-0.3, -0.25) is 0 Å². The number of rotatable bonds is 3. The molecule has 11 rings (SSSR count). The van der Waals surface area contributed by atoms with E-state index in [0.29, 0.717) is 5.69 Å². The van der Waals surface area contributed by atoms with Gasteiger partial charge < -0.3 is 14.4 Å². The van der Waals surface area contributed by atoms with Crippen LogP contribution in [0.4, 0.5) is 38.5 Å². The first-order chi connectivity index (χ1) is 25.2. The Morgan fingerprint density at radius 3 is 1.98 bits per heavy atom. The predicted molar refractivity (Wildman–Crippen MR) is 215 cm³/mol. The number of thiophene rings is 1. The summed E-state index contributed by atoms with van der Waals surface area (Å²) in [5.41, 5.74) is 13.2. The predicted octanol–water partition coefficient (Wildman–Crippen LogP) is 10.5. The number of halogens is 1. The van der Waals surface area contributed by atoms with Crippen molar-refractivity contribution in [2.45, 2.75) is 6.92 Å². The Balaban J connectivity index is 1.34. The third kappa shape index (κ3) is 3.88. The van der Waals surface area contributed by atoms with Crippen molar-refractivity contribution in [1.29, 1.82) is 0 Å². The lowest BCUT2D eigenvalue weighted by atomic mass is 9.35. The molecular weight excluding hydrogens is 644 g/mol. The van der Waals surface area contributed by atoms with Crippen LogP contribution in [0.15, 0.2) is 158 Å². The zero-order valence-electron chi connectivity index (χ0n) is 27.7. The van der Waals surface area contributed by atoms with Gasteiger partial charge in [0.15, 0.2) is 0 Å². The number of fused-ring (bicyclic) bond motifs is 10. The van der Waals surface area contributed by atoms with Crippen LogP contribution in [0.5, 0.6) is 0 Å². The van der Waals surface area contributed by atoms with Crippen molar-refractivity contribution < 1.29 is 4.39 Å². The highest BCUT2D eigenvalue weighted by Crippen LogP contribution is 2.49. The zero-order valence-corrected chi connectivity index (χ0v) is 28.5. The van der Waals surface area contributed by atoms with Gasteiger partial charge in [-0.25, -0.2) is 4.39 Å². The summed E-state index contributed by atoms with van der Waals surface area (Å²) in [4.78, 5) is 4.64. The topological polar surface area (TPSA) is 11.4 Å². The molecule has 2 aromatic heterocycles. The molecule has 2 aliphatic rings. The standard InChI is InChI=1S/C45H29BFN3S/c1-28-14-5-9-20-33(28)49-37-23-13-24-38-42(37)46(45-44(31-18-7-12-25-40(31)51-45)50(38)35-22-11-8-19-32(35)47)43-39(49)27-26-36-41(43)30-17-6-10-21-34(30)48(36)29-15-3-2-4-16-29/h2-27H,1H3. The number of anilines is 6. The molecule has 2 aliphatic heterocycles. The number of nitrogens with zero attached hydrogens (tertiary/aromatic N) is 3. The maximum Gasteiger partial charge on any atom is 0.265 e. The normalized spacial score (nSPS) is 13.2. The van der Waals surface area contributed by atoms with Gasteiger partial charge in [0.1, 0.15) is 5.82 Å². The van der Waals surface area contributed by atoms with Gasteiger partial charge in [-0.05, 0) is 90.1 Å². The van der Waals surface area contributed by atoms with Crippen molar-refractivity contribution in [1.82, 2.24) is 4.57 Å². The molecule has 0 unspecified atom stereocenters. The van der Waals surface area contributed by atoms with Gasteiger partial charge in [0.25, 0.3) is 6.71 Å². The second-order valence-corrected chi connectivity index (χ2v) is 14.5. The number of aromatic nitrogens is 1. The molecule has 6 heteroatoms. The quantitative estimate of drug-likeness (QED) is 0.173. The van der Waals surface area contributed by atoms with E-state index in [2.05, 4.69) is 155 Å². The highest BCUT2D eigenvalue weighted by molar-refractivity contribution is 7.34. The van der Waals surface area contributed by atoms with Crippen LogP contribution in [0.3, 0.4) is 0 Å². The third-order valence-electron chi connectivity index (χ3n) is 10.8. The minimum absolute atomic E-state index is 0.0828. The van der Waals surface area contributed by atoms with Gasteiger partial charge in [-0.1, -0.05) is 91.0 Å². The molecule has 3 nitrogen and oxygen atoms in total. The molecule has 240 valence electrons. The van der Waals surface area contributed by atoms with Gasteiger partial charge in [0.05, 0.1) is 22.4 Å². The average molecular weight is 674 g/mol. The molecule has 0 saturated heterocycles. The molecule has 9 aromatic rings. The number of benzene rings is 7. The van der Waals surface area contributed by atoms with E-state index in [4.69, 9.17) is 0 Å². The molecule has 0 radical (unpaired) electrons. The molecule has 0 aliphatic carbocycles. The monoisotopic (exact) mass is 673 g/mol. The van der Waals surface area contributed by atoms with Crippen molar-refractivity contribution in [2.75, 3.05) is 9.80 Å². The lowest BCUT2D eigenvalue weighted by Crippen LogP contribution is -2.60. The first-order valence-corrected chi connectivity index (χ1v) is 18.2. The van der Waals surface area contributed by atoms with E-state index in [1.807, 2.05) is 23.5 Å². The minimum atomic E-state index is -0.241. The molecule has 7 aromatic carbocycles. The Kier molecular flexibility index (Phi) is 6.02. The van der Waals surface area contributed by atoms with Crippen molar-refractivity contribution in [3.05, 3.63) is 169 Å². The maximum atomic E-state index is 16.1. The number of hydrogen-bond donors (Lipinski definition) is 0. The maximum absolute atomic E-state index is 16.1. The van der Waals surface area contributed by atoms with Crippen LogP contribution in [0.1, 0.15) is 5.56 Å².